The fourth-order valence-electron chi connectivity index (χ4n) is 3.81. The highest BCUT2D eigenvalue weighted by atomic mass is 79.9. The summed E-state index contributed by atoms with van der Waals surface area (Å²) >= 11 is 3.60. The van der Waals surface area contributed by atoms with E-state index in [0.717, 1.165) is 10.4 Å². The van der Waals surface area contributed by atoms with Crippen LogP contribution in [0.3, 0.4) is 0 Å². The molecule has 2 aromatic rings. The van der Waals surface area contributed by atoms with Crippen LogP contribution in [-0.2, 0) is 0 Å². The molecule has 0 N–H and O–H groups in total. The fraction of sp³-hybridized carbons (Fsp3) is 0.304. The predicted molar refractivity (Wildman–Crippen MR) is 107 cm³/mol. The summed E-state index contributed by atoms with van der Waals surface area (Å²) in [6, 6.07) is 15.7. The van der Waals surface area contributed by atoms with Crippen LogP contribution in [-0.4, -0.2) is 0 Å². The first-order chi connectivity index (χ1) is 11.7. The van der Waals surface area contributed by atoms with Crippen molar-refractivity contribution in [1.82, 2.24) is 0 Å². The SMILES string of the molecule is CC1=C(c2cc(-c3cccc(Br)c3)ccc2C2CCC2)C=CCC1. The molecule has 1 saturated carbocycles. The Morgan fingerprint density at radius 1 is 1.00 bits per heavy atom. The minimum absolute atomic E-state index is 0.757. The average Bonchev–Trinajstić information content (AvgIpc) is 2.54. The van der Waals surface area contributed by atoms with Gasteiger partial charge >= 0.3 is 0 Å². The topological polar surface area (TPSA) is 0 Å². The minimum atomic E-state index is 0.757. The van der Waals surface area contributed by atoms with E-state index in [1.807, 2.05) is 0 Å². The molecule has 0 amide bonds. The third-order valence-corrected chi connectivity index (χ3v) is 5.97. The Balaban J connectivity index is 1.85. The molecule has 122 valence electrons. The average molecular weight is 379 g/mol. The Labute approximate surface area is 153 Å². The van der Waals surface area contributed by atoms with Gasteiger partial charge in [-0.2, -0.15) is 0 Å². The predicted octanol–water partition coefficient (Wildman–Crippen LogP) is 7.51. The number of hydrogen-bond donors (Lipinski definition) is 0. The summed E-state index contributed by atoms with van der Waals surface area (Å²) in [4.78, 5) is 0. The second-order valence-electron chi connectivity index (χ2n) is 7.08. The van der Waals surface area contributed by atoms with Crippen LogP contribution >= 0.6 is 15.9 Å². The van der Waals surface area contributed by atoms with Crippen LogP contribution in [0.2, 0.25) is 0 Å². The van der Waals surface area contributed by atoms with E-state index in [9.17, 15) is 0 Å². The third kappa shape index (κ3) is 3.02. The van der Waals surface area contributed by atoms with Crippen LogP contribution in [0, 0.1) is 0 Å². The van der Waals surface area contributed by atoms with Crippen LogP contribution in [0.4, 0.5) is 0 Å². The van der Waals surface area contributed by atoms with E-state index in [0.29, 0.717) is 0 Å². The molecule has 2 aliphatic carbocycles. The van der Waals surface area contributed by atoms with Gasteiger partial charge in [0.1, 0.15) is 0 Å². The van der Waals surface area contributed by atoms with Gasteiger partial charge in [-0.3, -0.25) is 0 Å². The lowest BCUT2D eigenvalue weighted by atomic mass is 9.75. The zero-order chi connectivity index (χ0) is 16.5. The second kappa shape index (κ2) is 6.72. The van der Waals surface area contributed by atoms with E-state index in [-0.39, 0.29) is 0 Å². The highest BCUT2D eigenvalue weighted by molar-refractivity contribution is 9.10. The van der Waals surface area contributed by atoms with E-state index < -0.39 is 0 Å². The molecule has 2 aromatic carbocycles. The third-order valence-electron chi connectivity index (χ3n) is 5.48. The molecule has 0 spiro atoms. The maximum Gasteiger partial charge on any atom is 0.0181 e. The van der Waals surface area contributed by atoms with Crippen LogP contribution in [0.1, 0.15) is 56.1 Å². The lowest BCUT2D eigenvalue weighted by molar-refractivity contribution is 0.419. The van der Waals surface area contributed by atoms with Gasteiger partial charge < -0.3 is 0 Å². The van der Waals surface area contributed by atoms with Gasteiger partial charge in [0.05, 0.1) is 0 Å². The highest BCUT2D eigenvalue weighted by Crippen LogP contribution is 2.42. The summed E-state index contributed by atoms with van der Waals surface area (Å²) in [5.41, 5.74) is 8.61. The van der Waals surface area contributed by atoms with Crippen molar-refractivity contribution in [3.8, 4) is 11.1 Å². The molecule has 2 aliphatic rings. The molecule has 0 atom stereocenters. The smallest absolute Gasteiger partial charge is 0.0181 e. The first kappa shape index (κ1) is 15.9. The summed E-state index contributed by atoms with van der Waals surface area (Å²) in [5.74, 6) is 0.757. The molecule has 0 nitrogen and oxygen atoms in total. The zero-order valence-corrected chi connectivity index (χ0v) is 15.8. The van der Waals surface area contributed by atoms with E-state index in [1.165, 1.54) is 59.9 Å². The summed E-state index contributed by atoms with van der Waals surface area (Å²) in [6.07, 6.45) is 11.1. The molecule has 1 heteroatoms. The van der Waals surface area contributed by atoms with Crippen molar-refractivity contribution in [2.45, 2.75) is 44.9 Å². The summed E-state index contributed by atoms with van der Waals surface area (Å²) in [6.45, 7) is 2.30. The number of halogens is 1. The van der Waals surface area contributed by atoms with Gasteiger partial charge in [0.25, 0.3) is 0 Å². The number of hydrogen-bond acceptors (Lipinski definition) is 0. The number of benzene rings is 2. The van der Waals surface area contributed by atoms with Gasteiger partial charge in [0.15, 0.2) is 0 Å². The molecule has 0 radical (unpaired) electrons. The van der Waals surface area contributed by atoms with Crippen molar-refractivity contribution in [2.75, 3.05) is 0 Å². The standard InChI is InChI=1S/C23H23Br/c1-16-6-2-3-11-21(16)23-15-19(18-9-5-10-20(24)14-18)12-13-22(23)17-7-4-8-17/h3,5,9-15,17H,2,4,6-8H2,1H3. The van der Waals surface area contributed by atoms with Gasteiger partial charge in [0, 0.05) is 4.47 Å². The van der Waals surface area contributed by atoms with Crippen molar-refractivity contribution in [3.63, 3.8) is 0 Å². The van der Waals surface area contributed by atoms with Gasteiger partial charge in [-0.1, -0.05) is 64.3 Å². The maximum atomic E-state index is 3.60. The fourth-order valence-corrected chi connectivity index (χ4v) is 4.21. The molecular formula is C23H23Br. The van der Waals surface area contributed by atoms with Crippen molar-refractivity contribution >= 4 is 21.5 Å². The lowest BCUT2D eigenvalue weighted by Crippen LogP contribution is -2.11. The number of allylic oxidation sites excluding steroid dienone is 4. The van der Waals surface area contributed by atoms with Gasteiger partial charge in [-0.25, -0.2) is 0 Å². The molecule has 0 unspecified atom stereocenters. The van der Waals surface area contributed by atoms with Crippen molar-refractivity contribution < 1.29 is 0 Å². The number of rotatable bonds is 3. The quantitative estimate of drug-likeness (QED) is 0.518. The van der Waals surface area contributed by atoms with Crippen LogP contribution in [0.25, 0.3) is 16.7 Å². The van der Waals surface area contributed by atoms with Gasteiger partial charge in [0.2, 0.25) is 0 Å². The molecule has 1 fully saturated rings. The Morgan fingerprint density at radius 3 is 2.54 bits per heavy atom. The lowest BCUT2D eigenvalue weighted by Gasteiger charge is -2.29. The van der Waals surface area contributed by atoms with E-state index in [2.05, 4.69) is 77.5 Å². The molecular weight excluding hydrogens is 356 g/mol. The molecule has 0 bridgehead atoms. The highest BCUT2D eigenvalue weighted by Gasteiger charge is 2.24. The first-order valence-corrected chi connectivity index (χ1v) is 9.78. The Kier molecular flexibility index (Phi) is 4.45. The Morgan fingerprint density at radius 2 is 1.83 bits per heavy atom. The molecule has 24 heavy (non-hydrogen) atoms. The first-order valence-electron chi connectivity index (χ1n) is 8.99. The van der Waals surface area contributed by atoms with Gasteiger partial charge in [-0.15, -0.1) is 0 Å². The molecule has 0 heterocycles. The molecule has 0 aromatic heterocycles. The van der Waals surface area contributed by atoms with E-state index >= 15 is 0 Å². The monoisotopic (exact) mass is 378 g/mol. The minimum Gasteiger partial charge on any atom is -0.0836 e. The van der Waals surface area contributed by atoms with Crippen molar-refractivity contribution in [1.29, 1.82) is 0 Å². The maximum absolute atomic E-state index is 3.60. The van der Waals surface area contributed by atoms with Crippen LogP contribution in [0.5, 0.6) is 0 Å². The second-order valence-corrected chi connectivity index (χ2v) is 7.99. The summed E-state index contributed by atoms with van der Waals surface area (Å²) < 4.78 is 1.14. The van der Waals surface area contributed by atoms with Crippen LogP contribution < -0.4 is 0 Å². The molecule has 4 rings (SSSR count). The molecule has 0 aliphatic heterocycles. The van der Waals surface area contributed by atoms with Gasteiger partial charge in [-0.05, 0) is 84.6 Å². The Hall–Kier alpha value is -1.60. The summed E-state index contributed by atoms with van der Waals surface area (Å²) in [7, 11) is 0. The van der Waals surface area contributed by atoms with E-state index in [4.69, 9.17) is 0 Å². The zero-order valence-electron chi connectivity index (χ0n) is 14.2. The largest absolute Gasteiger partial charge is 0.0836 e. The van der Waals surface area contributed by atoms with E-state index in [1.54, 1.807) is 5.56 Å². The van der Waals surface area contributed by atoms with Crippen molar-refractivity contribution in [3.05, 3.63) is 75.8 Å². The summed E-state index contributed by atoms with van der Waals surface area (Å²) in [5, 5.41) is 0. The normalized spacial score (nSPS) is 17.9. The molecule has 0 saturated heterocycles. The van der Waals surface area contributed by atoms with Crippen molar-refractivity contribution in [2.24, 2.45) is 0 Å². The Bertz CT molecular complexity index is 822. The van der Waals surface area contributed by atoms with Crippen LogP contribution in [0.15, 0.2) is 64.7 Å².